The monoisotopic (exact) mass is 124 g/mol. The zero-order valence-electron chi connectivity index (χ0n) is 6.48. The minimum Gasteiger partial charge on any atom is -0.106 e. The van der Waals surface area contributed by atoms with Crippen LogP contribution in [0.5, 0.6) is 0 Å². The molecule has 0 aromatic heterocycles. The molecule has 0 rings (SSSR count). The largest absolute Gasteiger partial charge is 0.106 e. The topological polar surface area (TPSA) is 0 Å². The van der Waals surface area contributed by atoms with E-state index in [-0.39, 0.29) is 0 Å². The molecule has 0 fully saturated rings. The first-order chi connectivity index (χ1) is 4.27. The Morgan fingerprint density at radius 3 is 2.00 bits per heavy atom. The maximum absolute atomic E-state index is 3.71. The molecule has 9 heavy (non-hydrogen) atoms. The molecule has 0 unspecified atom stereocenters. The minimum absolute atomic E-state index is 1.10. The quantitative estimate of drug-likeness (QED) is 0.391. The van der Waals surface area contributed by atoms with Gasteiger partial charge in [-0.05, 0) is 13.3 Å². The molecule has 0 aliphatic heterocycles. The molecule has 0 saturated carbocycles. The summed E-state index contributed by atoms with van der Waals surface area (Å²) in [7, 11) is 0. The highest BCUT2D eigenvalue weighted by molar-refractivity contribution is 5.10. The maximum atomic E-state index is 3.71. The van der Waals surface area contributed by atoms with Crippen LogP contribution in [0.15, 0.2) is 37.5 Å². The summed E-state index contributed by atoms with van der Waals surface area (Å²) in [5.74, 6) is 0. The van der Waals surface area contributed by atoms with E-state index in [0.717, 1.165) is 12.0 Å². The average molecular weight is 124 g/mol. The van der Waals surface area contributed by atoms with E-state index in [9.17, 15) is 0 Å². The van der Waals surface area contributed by atoms with Gasteiger partial charge in [0, 0.05) is 0 Å². The van der Waals surface area contributed by atoms with Crippen molar-refractivity contribution >= 4 is 0 Å². The van der Waals surface area contributed by atoms with Gasteiger partial charge >= 0.3 is 0 Å². The molecule has 0 heterocycles. The lowest BCUT2D eigenvalue weighted by Crippen LogP contribution is -1.58. The Morgan fingerprint density at radius 1 is 1.44 bits per heavy atom. The van der Waals surface area contributed by atoms with Crippen molar-refractivity contribution in [2.75, 3.05) is 0 Å². The van der Waals surface area contributed by atoms with Gasteiger partial charge in [0.2, 0.25) is 0 Å². The molecule has 0 nitrogen and oxygen atoms in total. The van der Waals surface area contributed by atoms with Gasteiger partial charge in [0.05, 0.1) is 0 Å². The molecule has 0 aromatic rings. The smallest absolute Gasteiger partial charge is 0.0376 e. The van der Waals surface area contributed by atoms with Gasteiger partial charge in [-0.3, -0.25) is 0 Å². The van der Waals surface area contributed by atoms with Crippen LogP contribution in [0.2, 0.25) is 0 Å². The molecule has 0 heteroatoms. The molecule has 0 atom stereocenters. The van der Waals surface area contributed by atoms with Crippen LogP contribution < -0.4 is 0 Å². The van der Waals surface area contributed by atoms with Gasteiger partial charge in [-0.1, -0.05) is 31.2 Å². The van der Waals surface area contributed by atoms with E-state index >= 15 is 0 Å². The molecule has 0 aromatic carbocycles. The number of hydrogen-bond acceptors (Lipinski definition) is 0. The van der Waals surface area contributed by atoms with E-state index in [4.69, 9.17) is 0 Å². The molecule has 0 N–H and O–H groups in total. The van der Waals surface area contributed by atoms with Crippen LogP contribution in [0.3, 0.4) is 0 Å². The van der Waals surface area contributed by atoms with Crippen molar-refractivity contribution in [2.24, 2.45) is 0 Å². The van der Waals surface area contributed by atoms with Crippen molar-refractivity contribution in [3.63, 3.8) is 0 Å². The summed E-state index contributed by atoms with van der Waals surface area (Å²) in [6.07, 6.45) is 5.23. The molecule has 0 radical (unpaired) electrons. The average Bonchev–Trinajstić information content (AvgIpc) is 1.88. The van der Waals surface area contributed by atoms with Crippen molar-refractivity contribution < 1.29 is 0 Å². The summed E-state index contributed by atoms with van der Waals surface area (Å²) in [5.41, 5.74) is 1.13. The molecular formula is C9H16. The first-order valence-corrected chi connectivity index (χ1v) is 3.09. The Morgan fingerprint density at radius 2 is 1.89 bits per heavy atom. The van der Waals surface area contributed by atoms with Gasteiger partial charge in [0.15, 0.2) is 0 Å². The van der Waals surface area contributed by atoms with Crippen molar-refractivity contribution in [3.05, 3.63) is 37.5 Å². The maximum Gasteiger partial charge on any atom is -0.0376 e. The van der Waals surface area contributed by atoms with Crippen LogP contribution in [-0.4, -0.2) is 0 Å². The van der Waals surface area contributed by atoms with Crippen LogP contribution in [0.25, 0.3) is 0 Å². The third kappa shape index (κ3) is 19.0. The molecule has 0 spiro atoms. The Balaban J connectivity index is 0. The second-order valence-electron chi connectivity index (χ2n) is 1.66. The summed E-state index contributed by atoms with van der Waals surface area (Å²) in [4.78, 5) is 0. The standard InChI is InChI=1S/C7H12.C2H4/c1-4-5-6-7(2)3;1-2/h5-6H,2,4H2,1,3H3;1-2H2/b6-5+;. The highest BCUT2D eigenvalue weighted by Gasteiger charge is 1.67. The molecule has 0 amide bonds. The normalized spacial score (nSPS) is 8.22. The Hall–Kier alpha value is -0.780. The number of hydrogen-bond donors (Lipinski definition) is 0. The third-order valence-corrected chi connectivity index (χ3v) is 0.638. The Kier molecular flexibility index (Phi) is 12.6. The minimum atomic E-state index is 1.10. The fourth-order valence-corrected chi connectivity index (χ4v) is 0.319. The fraction of sp³-hybridized carbons (Fsp3) is 0.333. The summed E-state index contributed by atoms with van der Waals surface area (Å²) in [6, 6.07) is 0. The zero-order valence-corrected chi connectivity index (χ0v) is 6.48. The van der Waals surface area contributed by atoms with Crippen LogP contribution in [-0.2, 0) is 0 Å². The second kappa shape index (κ2) is 10.3. The Bertz CT molecular complexity index is 88.2. The van der Waals surface area contributed by atoms with Crippen molar-refractivity contribution in [3.8, 4) is 0 Å². The van der Waals surface area contributed by atoms with Crippen molar-refractivity contribution in [1.82, 2.24) is 0 Å². The highest BCUT2D eigenvalue weighted by Crippen LogP contribution is 1.89. The lowest BCUT2D eigenvalue weighted by molar-refractivity contribution is 1.22. The van der Waals surface area contributed by atoms with Crippen molar-refractivity contribution in [1.29, 1.82) is 0 Å². The van der Waals surface area contributed by atoms with Crippen LogP contribution in [0, 0.1) is 0 Å². The predicted molar refractivity (Wildman–Crippen MR) is 45.5 cm³/mol. The van der Waals surface area contributed by atoms with E-state index in [1.807, 2.05) is 13.0 Å². The second-order valence-corrected chi connectivity index (χ2v) is 1.66. The Labute approximate surface area is 58.6 Å². The van der Waals surface area contributed by atoms with Gasteiger partial charge in [-0.2, -0.15) is 0 Å². The van der Waals surface area contributed by atoms with Gasteiger partial charge in [-0.25, -0.2) is 0 Å². The number of rotatable bonds is 2. The molecular weight excluding hydrogens is 108 g/mol. The van der Waals surface area contributed by atoms with E-state index < -0.39 is 0 Å². The highest BCUT2D eigenvalue weighted by atomic mass is 13.7. The molecule has 0 aliphatic rings. The number of allylic oxidation sites excluding steroid dienone is 3. The lowest BCUT2D eigenvalue weighted by Gasteiger charge is -1.79. The fourth-order valence-electron chi connectivity index (χ4n) is 0.319. The van der Waals surface area contributed by atoms with E-state index in [1.165, 1.54) is 0 Å². The summed E-state index contributed by atoms with van der Waals surface area (Å²) in [5, 5.41) is 0. The van der Waals surface area contributed by atoms with Crippen LogP contribution in [0.1, 0.15) is 20.3 Å². The zero-order chi connectivity index (χ0) is 7.70. The van der Waals surface area contributed by atoms with Crippen LogP contribution in [0.4, 0.5) is 0 Å². The molecule has 0 bridgehead atoms. The summed E-state index contributed by atoms with van der Waals surface area (Å²) in [6.45, 7) is 13.8. The molecule has 0 saturated heterocycles. The van der Waals surface area contributed by atoms with E-state index in [1.54, 1.807) is 0 Å². The first kappa shape index (κ1) is 11.1. The van der Waals surface area contributed by atoms with E-state index in [2.05, 4.69) is 32.7 Å². The van der Waals surface area contributed by atoms with Gasteiger partial charge in [0.25, 0.3) is 0 Å². The van der Waals surface area contributed by atoms with Gasteiger partial charge < -0.3 is 0 Å². The lowest BCUT2D eigenvalue weighted by atomic mass is 10.3. The van der Waals surface area contributed by atoms with Crippen LogP contribution >= 0.6 is 0 Å². The SMILES string of the molecule is C=C.C=C(C)/C=C/CC. The van der Waals surface area contributed by atoms with E-state index in [0.29, 0.717) is 0 Å². The molecule has 52 valence electrons. The third-order valence-electron chi connectivity index (χ3n) is 0.638. The summed E-state index contributed by atoms with van der Waals surface area (Å²) >= 11 is 0. The molecule has 0 aliphatic carbocycles. The summed E-state index contributed by atoms with van der Waals surface area (Å²) < 4.78 is 0. The van der Waals surface area contributed by atoms with Gasteiger partial charge in [-0.15, -0.1) is 13.2 Å². The van der Waals surface area contributed by atoms with Gasteiger partial charge in [0.1, 0.15) is 0 Å². The van der Waals surface area contributed by atoms with Crippen molar-refractivity contribution in [2.45, 2.75) is 20.3 Å². The first-order valence-electron chi connectivity index (χ1n) is 3.09. The predicted octanol–water partition coefficient (Wildman–Crippen LogP) is 3.33.